The SMILES string of the molecule is Cc1cc(N2CC(N)CC2=O)ccc1N1CCCCOC1=O. The van der Waals surface area contributed by atoms with Gasteiger partial charge >= 0.3 is 6.09 Å². The van der Waals surface area contributed by atoms with Crippen LogP contribution in [0.4, 0.5) is 16.2 Å². The summed E-state index contributed by atoms with van der Waals surface area (Å²) in [5.74, 6) is 0.0498. The summed E-state index contributed by atoms with van der Waals surface area (Å²) >= 11 is 0. The molecule has 2 fully saturated rings. The lowest BCUT2D eigenvalue weighted by Gasteiger charge is -2.23. The molecular weight excluding hydrogens is 282 g/mol. The van der Waals surface area contributed by atoms with Crippen molar-refractivity contribution < 1.29 is 14.3 Å². The first-order valence-corrected chi connectivity index (χ1v) is 7.67. The number of aryl methyl sites for hydroxylation is 1. The number of amides is 2. The molecule has 118 valence electrons. The third kappa shape index (κ3) is 2.78. The molecule has 2 aliphatic rings. The first kappa shape index (κ1) is 14.8. The van der Waals surface area contributed by atoms with Crippen LogP contribution in [0.15, 0.2) is 18.2 Å². The minimum Gasteiger partial charge on any atom is -0.449 e. The zero-order valence-electron chi connectivity index (χ0n) is 12.7. The number of hydrogen-bond donors (Lipinski definition) is 1. The van der Waals surface area contributed by atoms with Gasteiger partial charge in [0.15, 0.2) is 0 Å². The van der Waals surface area contributed by atoms with Gasteiger partial charge < -0.3 is 15.4 Å². The molecule has 0 aromatic heterocycles. The van der Waals surface area contributed by atoms with Gasteiger partial charge in [0.25, 0.3) is 0 Å². The van der Waals surface area contributed by atoms with E-state index in [1.54, 1.807) is 9.80 Å². The van der Waals surface area contributed by atoms with E-state index in [0.717, 1.165) is 29.8 Å². The highest BCUT2D eigenvalue weighted by molar-refractivity contribution is 5.97. The van der Waals surface area contributed by atoms with E-state index in [4.69, 9.17) is 10.5 Å². The smallest absolute Gasteiger partial charge is 0.414 e. The fourth-order valence-electron chi connectivity index (χ4n) is 3.01. The van der Waals surface area contributed by atoms with Crippen molar-refractivity contribution >= 4 is 23.4 Å². The highest BCUT2D eigenvalue weighted by Gasteiger charge is 2.29. The highest BCUT2D eigenvalue weighted by atomic mass is 16.6. The summed E-state index contributed by atoms with van der Waals surface area (Å²) in [6.07, 6.45) is 1.90. The second-order valence-corrected chi connectivity index (χ2v) is 5.91. The molecule has 6 heteroatoms. The Hall–Kier alpha value is -2.08. The standard InChI is InChI=1S/C16H21N3O3/c1-11-8-13(19-10-12(17)9-15(19)20)4-5-14(11)18-6-2-3-7-22-16(18)21/h4-5,8,12H,2-3,6-7,9-10,17H2,1H3. The first-order valence-electron chi connectivity index (χ1n) is 7.67. The summed E-state index contributed by atoms with van der Waals surface area (Å²) in [7, 11) is 0. The molecule has 2 heterocycles. The van der Waals surface area contributed by atoms with Crippen molar-refractivity contribution in [3.8, 4) is 0 Å². The van der Waals surface area contributed by atoms with E-state index in [0.29, 0.717) is 26.1 Å². The Morgan fingerprint density at radius 2 is 2.05 bits per heavy atom. The number of anilines is 2. The van der Waals surface area contributed by atoms with E-state index in [1.807, 2.05) is 25.1 Å². The van der Waals surface area contributed by atoms with Crippen molar-refractivity contribution in [3.63, 3.8) is 0 Å². The predicted octanol–water partition coefficient (Wildman–Crippen LogP) is 1.80. The number of cyclic esters (lactones) is 1. The molecule has 0 saturated carbocycles. The van der Waals surface area contributed by atoms with E-state index < -0.39 is 0 Å². The summed E-state index contributed by atoms with van der Waals surface area (Å²) in [6.45, 7) is 3.63. The fraction of sp³-hybridized carbons (Fsp3) is 0.500. The average molecular weight is 303 g/mol. The maximum Gasteiger partial charge on any atom is 0.414 e. The van der Waals surface area contributed by atoms with Gasteiger partial charge in [0.2, 0.25) is 5.91 Å². The molecular formula is C16H21N3O3. The molecule has 6 nitrogen and oxygen atoms in total. The van der Waals surface area contributed by atoms with E-state index >= 15 is 0 Å². The molecule has 2 amide bonds. The largest absolute Gasteiger partial charge is 0.449 e. The molecule has 1 unspecified atom stereocenters. The number of nitrogens with zero attached hydrogens (tertiary/aromatic N) is 2. The summed E-state index contributed by atoms with van der Waals surface area (Å²) in [6, 6.07) is 5.59. The molecule has 1 atom stereocenters. The maximum atomic E-state index is 12.0. The number of carbonyl (C=O) groups is 2. The lowest BCUT2D eigenvalue weighted by molar-refractivity contribution is -0.117. The average Bonchev–Trinajstić information content (AvgIpc) is 2.68. The van der Waals surface area contributed by atoms with Crippen molar-refractivity contribution in [2.45, 2.75) is 32.2 Å². The minimum absolute atomic E-state index is 0.0498. The van der Waals surface area contributed by atoms with Crippen molar-refractivity contribution in [1.29, 1.82) is 0 Å². The highest BCUT2D eigenvalue weighted by Crippen LogP contribution is 2.29. The van der Waals surface area contributed by atoms with Gasteiger partial charge in [0.1, 0.15) is 0 Å². The summed E-state index contributed by atoms with van der Waals surface area (Å²) in [4.78, 5) is 27.3. The topological polar surface area (TPSA) is 75.9 Å². The van der Waals surface area contributed by atoms with Gasteiger partial charge in [-0.15, -0.1) is 0 Å². The predicted molar refractivity (Wildman–Crippen MR) is 84.1 cm³/mol. The number of benzene rings is 1. The molecule has 1 aromatic carbocycles. The van der Waals surface area contributed by atoms with E-state index in [2.05, 4.69) is 0 Å². The van der Waals surface area contributed by atoms with Crippen molar-refractivity contribution in [1.82, 2.24) is 0 Å². The monoisotopic (exact) mass is 303 g/mol. The molecule has 0 radical (unpaired) electrons. The maximum absolute atomic E-state index is 12.0. The molecule has 0 aliphatic carbocycles. The Labute approximate surface area is 129 Å². The molecule has 2 N–H and O–H groups in total. The van der Waals surface area contributed by atoms with E-state index in [9.17, 15) is 9.59 Å². The Balaban J connectivity index is 1.86. The van der Waals surface area contributed by atoms with Gasteiger partial charge in [-0.3, -0.25) is 9.69 Å². The van der Waals surface area contributed by atoms with E-state index in [-0.39, 0.29) is 18.0 Å². The van der Waals surface area contributed by atoms with Crippen LogP contribution < -0.4 is 15.5 Å². The van der Waals surface area contributed by atoms with Crippen LogP contribution in [0.2, 0.25) is 0 Å². The molecule has 22 heavy (non-hydrogen) atoms. The van der Waals surface area contributed by atoms with Gasteiger partial charge in [-0.1, -0.05) is 0 Å². The van der Waals surface area contributed by atoms with Crippen LogP contribution in [0.5, 0.6) is 0 Å². The Bertz CT molecular complexity index is 602. The lowest BCUT2D eigenvalue weighted by Crippen LogP contribution is -2.31. The molecule has 1 aromatic rings. The lowest BCUT2D eigenvalue weighted by atomic mass is 10.1. The summed E-state index contributed by atoms with van der Waals surface area (Å²) in [5, 5.41) is 0. The molecule has 2 aliphatic heterocycles. The van der Waals surface area contributed by atoms with Crippen LogP contribution in [-0.4, -0.2) is 37.7 Å². The van der Waals surface area contributed by atoms with Crippen LogP contribution in [0.3, 0.4) is 0 Å². The fourth-order valence-corrected chi connectivity index (χ4v) is 3.01. The van der Waals surface area contributed by atoms with E-state index in [1.165, 1.54) is 0 Å². The normalized spacial score (nSPS) is 22.7. The number of rotatable bonds is 2. The zero-order valence-corrected chi connectivity index (χ0v) is 12.7. The summed E-state index contributed by atoms with van der Waals surface area (Å²) in [5.41, 5.74) is 8.47. The van der Waals surface area contributed by atoms with Crippen LogP contribution in [0.1, 0.15) is 24.8 Å². The Kier molecular flexibility index (Phi) is 4.02. The molecule has 0 spiro atoms. The summed E-state index contributed by atoms with van der Waals surface area (Å²) < 4.78 is 5.19. The van der Waals surface area contributed by atoms with Gasteiger partial charge in [0, 0.05) is 31.2 Å². The van der Waals surface area contributed by atoms with Crippen molar-refractivity contribution in [3.05, 3.63) is 23.8 Å². The number of nitrogens with two attached hydrogens (primary N) is 1. The molecule has 2 saturated heterocycles. The molecule has 0 bridgehead atoms. The second kappa shape index (κ2) is 5.96. The van der Waals surface area contributed by atoms with Gasteiger partial charge in [-0.2, -0.15) is 0 Å². The number of ether oxygens (including phenoxy) is 1. The molecule has 3 rings (SSSR count). The number of hydrogen-bond acceptors (Lipinski definition) is 4. The van der Waals surface area contributed by atoms with Gasteiger partial charge in [-0.25, -0.2) is 4.79 Å². The Morgan fingerprint density at radius 3 is 2.73 bits per heavy atom. The van der Waals surface area contributed by atoms with Gasteiger partial charge in [-0.05, 0) is 43.5 Å². The second-order valence-electron chi connectivity index (χ2n) is 5.91. The zero-order chi connectivity index (χ0) is 15.7. The third-order valence-corrected chi connectivity index (χ3v) is 4.16. The number of carbonyl (C=O) groups excluding carboxylic acids is 2. The van der Waals surface area contributed by atoms with Crippen LogP contribution in [-0.2, 0) is 9.53 Å². The van der Waals surface area contributed by atoms with Crippen molar-refractivity contribution in [2.75, 3.05) is 29.5 Å². The van der Waals surface area contributed by atoms with Crippen molar-refractivity contribution in [2.24, 2.45) is 5.73 Å². The first-order chi connectivity index (χ1) is 10.6. The third-order valence-electron chi connectivity index (χ3n) is 4.16. The Morgan fingerprint density at radius 1 is 1.23 bits per heavy atom. The minimum atomic E-state index is -0.298. The van der Waals surface area contributed by atoms with Gasteiger partial charge in [0.05, 0.1) is 12.3 Å². The quantitative estimate of drug-likeness (QED) is 0.904. The van der Waals surface area contributed by atoms with Crippen LogP contribution >= 0.6 is 0 Å². The van der Waals surface area contributed by atoms with Crippen LogP contribution in [0.25, 0.3) is 0 Å². The van der Waals surface area contributed by atoms with Crippen LogP contribution in [0, 0.1) is 6.92 Å².